The van der Waals surface area contributed by atoms with E-state index >= 15 is 0 Å². The van der Waals surface area contributed by atoms with Crippen LogP contribution in [-0.4, -0.2) is 24.0 Å². The number of benzene rings is 1. The molecule has 0 radical (unpaired) electrons. The van der Waals surface area contributed by atoms with Crippen molar-refractivity contribution in [2.45, 2.75) is 18.6 Å². The van der Waals surface area contributed by atoms with E-state index in [-0.39, 0.29) is 10.7 Å². The molecular formula is C12H14ClF3N2OS. The van der Waals surface area contributed by atoms with Crippen LogP contribution in [0.2, 0.25) is 5.02 Å². The van der Waals surface area contributed by atoms with Gasteiger partial charge in [-0.2, -0.15) is 24.9 Å². The third-order valence-electron chi connectivity index (χ3n) is 2.52. The first kappa shape index (κ1) is 17.1. The van der Waals surface area contributed by atoms with E-state index in [0.29, 0.717) is 12.2 Å². The predicted octanol–water partition coefficient (Wildman–Crippen LogP) is 3.38. The van der Waals surface area contributed by atoms with Gasteiger partial charge in [-0.05, 0) is 36.6 Å². The first-order valence-electron chi connectivity index (χ1n) is 5.68. The Morgan fingerprint density at radius 2 is 2.15 bits per heavy atom. The summed E-state index contributed by atoms with van der Waals surface area (Å²) in [4.78, 5) is 11.7. The molecule has 1 atom stereocenters. The zero-order valence-corrected chi connectivity index (χ0v) is 12.2. The number of alkyl halides is 3. The Kier molecular flexibility index (Phi) is 6.16. The molecule has 0 spiro atoms. The van der Waals surface area contributed by atoms with Crippen LogP contribution < -0.4 is 11.1 Å². The van der Waals surface area contributed by atoms with E-state index in [1.807, 2.05) is 6.26 Å². The summed E-state index contributed by atoms with van der Waals surface area (Å²) in [6.45, 7) is 0. The maximum absolute atomic E-state index is 12.6. The summed E-state index contributed by atoms with van der Waals surface area (Å²) in [6.07, 6.45) is -2.19. The van der Waals surface area contributed by atoms with Gasteiger partial charge in [-0.25, -0.2) is 0 Å². The molecule has 0 unspecified atom stereocenters. The normalized spacial score (nSPS) is 13.1. The Balaban J connectivity index is 2.84. The smallest absolute Gasteiger partial charge is 0.323 e. The summed E-state index contributed by atoms with van der Waals surface area (Å²) < 4.78 is 37.7. The first-order chi connectivity index (χ1) is 9.25. The van der Waals surface area contributed by atoms with Crippen molar-refractivity contribution in [1.29, 1.82) is 0 Å². The SMILES string of the molecule is CSCC[C@@H](N)C(=O)Nc1cc(C(F)(F)F)ccc1Cl. The highest BCUT2D eigenvalue weighted by atomic mass is 35.5. The van der Waals surface area contributed by atoms with E-state index < -0.39 is 23.7 Å². The minimum absolute atomic E-state index is 0.0309. The van der Waals surface area contributed by atoms with Crippen molar-refractivity contribution >= 4 is 35.0 Å². The zero-order chi connectivity index (χ0) is 15.3. The van der Waals surface area contributed by atoms with Crippen molar-refractivity contribution in [3.63, 3.8) is 0 Å². The Bertz CT molecular complexity index is 482. The van der Waals surface area contributed by atoms with E-state index in [0.717, 1.165) is 18.2 Å². The highest BCUT2D eigenvalue weighted by Crippen LogP contribution is 2.33. The van der Waals surface area contributed by atoms with Gasteiger partial charge in [-0.3, -0.25) is 4.79 Å². The maximum Gasteiger partial charge on any atom is 0.416 e. The highest BCUT2D eigenvalue weighted by Gasteiger charge is 2.31. The fourth-order valence-electron chi connectivity index (χ4n) is 1.40. The van der Waals surface area contributed by atoms with Crippen molar-refractivity contribution in [3.05, 3.63) is 28.8 Å². The number of halogens is 4. The summed E-state index contributed by atoms with van der Waals surface area (Å²) in [7, 11) is 0. The summed E-state index contributed by atoms with van der Waals surface area (Å²) in [6, 6.07) is 1.95. The van der Waals surface area contributed by atoms with Crippen molar-refractivity contribution in [2.75, 3.05) is 17.3 Å². The molecule has 0 bridgehead atoms. The fraction of sp³-hybridized carbons (Fsp3) is 0.417. The van der Waals surface area contributed by atoms with Crippen LogP contribution in [0.25, 0.3) is 0 Å². The Morgan fingerprint density at radius 1 is 1.50 bits per heavy atom. The lowest BCUT2D eigenvalue weighted by molar-refractivity contribution is -0.137. The van der Waals surface area contributed by atoms with Crippen molar-refractivity contribution in [3.8, 4) is 0 Å². The van der Waals surface area contributed by atoms with Crippen molar-refractivity contribution in [2.24, 2.45) is 5.73 Å². The molecule has 112 valence electrons. The van der Waals surface area contributed by atoms with Crippen LogP contribution in [0.1, 0.15) is 12.0 Å². The van der Waals surface area contributed by atoms with Gasteiger partial charge < -0.3 is 11.1 Å². The zero-order valence-electron chi connectivity index (χ0n) is 10.6. The van der Waals surface area contributed by atoms with E-state index in [1.54, 1.807) is 0 Å². The summed E-state index contributed by atoms with van der Waals surface area (Å²) in [5.41, 5.74) is 4.66. The van der Waals surface area contributed by atoms with Crippen LogP contribution in [0.3, 0.4) is 0 Å². The number of rotatable bonds is 5. The third kappa shape index (κ3) is 4.88. The molecule has 1 amide bonds. The molecule has 8 heteroatoms. The second kappa shape index (κ2) is 7.19. The lowest BCUT2D eigenvalue weighted by Crippen LogP contribution is -2.36. The Hall–Kier alpha value is -0.920. The molecule has 0 heterocycles. The Labute approximate surface area is 124 Å². The molecule has 3 nitrogen and oxygen atoms in total. The molecule has 1 aromatic carbocycles. The van der Waals surface area contributed by atoms with Crippen LogP contribution in [0, 0.1) is 0 Å². The van der Waals surface area contributed by atoms with E-state index in [2.05, 4.69) is 5.32 Å². The molecule has 20 heavy (non-hydrogen) atoms. The number of anilines is 1. The first-order valence-corrected chi connectivity index (χ1v) is 7.45. The largest absolute Gasteiger partial charge is 0.416 e. The average Bonchev–Trinajstić information content (AvgIpc) is 2.37. The predicted molar refractivity (Wildman–Crippen MR) is 76.1 cm³/mol. The number of amides is 1. The highest BCUT2D eigenvalue weighted by molar-refractivity contribution is 7.98. The topological polar surface area (TPSA) is 55.1 Å². The van der Waals surface area contributed by atoms with Crippen LogP contribution >= 0.6 is 23.4 Å². The minimum Gasteiger partial charge on any atom is -0.323 e. The molecule has 0 saturated carbocycles. The van der Waals surface area contributed by atoms with Gasteiger partial charge in [0.2, 0.25) is 5.91 Å². The monoisotopic (exact) mass is 326 g/mol. The molecule has 0 aliphatic carbocycles. The summed E-state index contributed by atoms with van der Waals surface area (Å²) in [5.74, 6) is 0.130. The molecule has 1 aromatic rings. The van der Waals surface area contributed by atoms with Gasteiger partial charge in [-0.15, -0.1) is 0 Å². The third-order valence-corrected chi connectivity index (χ3v) is 3.49. The van der Waals surface area contributed by atoms with Crippen molar-refractivity contribution < 1.29 is 18.0 Å². The number of hydrogen-bond acceptors (Lipinski definition) is 3. The lowest BCUT2D eigenvalue weighted by Gasteiger charge is -2.14. The number of nitrogens with one attached hydrogen (secondary N) is 1. The molecule has 1 rings (SSSR count). The molecule has 0 saturated heterocycles. The number of thioether (sulfide) groups is 1. The van der Waals surface area contributed by atoms with Gasteiger partial charge in [0.15, 0.2) is 0 Å². The number of carbonyl (C=O) groups is 1. The standard InChI is InChI=1S/C12H14ClF3N2OS/c1-20-5-4-9(17)11(19)18-10-6-7(12(14,15)16)2-3-8(10)13/h2-3,6,9H,4-5,17H2,1H3,(H,18,19)/t9-/m1/s1. The second-order valence-electron chi connectivity index (χ2n) is 4.07. The van der Waals surface area contributed by atoms with Crippen molar-refractivity contribution in [1.82, 2.24) is 0 Å². The molecule has 0 aromatic heterocycles. The van der Waals surface area contributed by atoms with E-state index in [1.165, 1.54) is 11.8 Å². The van der Waals surface area contributed by atoms with Gasteiger partial charge in [0.1, 0.15) is 0 Å². The van der Waals surface area contributed by atoms with Gasteiger partial charge in [0.25, 0.3) is 0 Å². The van der Waals surface area contributed by atoms with Gasteiger partial charge in [-0.1, -0.05) is 11.6 Å². The van der Waals surface area contributed by atoms with E-state index in [9.17, 15) is 18.0 Å². The summed E-state index contributed by atoms with van der Waals surface area (Å²) >= 11 is 7.30. The van der Waals surface area contributed by atoms with Crippen LogP contribution in [-0.2, 0) is 11.0 Å². The average molecular weight is 327 g/mol. The van der Waals surface area contributed by atoms with Crippen LogP contribution in [0.4, 0.5) is 18.9 Å². The number of nitrogens with two attached hydrogens (primary N) is 1. The number of carbonyl (C=O) groups excluding carboxylic acids is 1. The summed E-state index contributed by atoms with van der Waals surface area (Å²) in [5, 5.41) is 2.36. The molecule has 3 N–H and O–H groups in total. The van der Waals surface area contributed by atoms with Gasteiger partial charge in [0.05, 0.1) is 22.3 Å². The molecule has 0 aliphatic heterocycles. The Morgan fingerprint density at radius 3 is 2.70 bits per heavy atom. The maximum atomic E-state index is 12.6. The molecular weight excluding hydrogens is 313 g/mol. The van der Waals surface area contributed by atoms with Gasteiger partial charge >= 0.3 is 6.18 Å². The van der Waals surface area contributed by atoms with E-state index in [4.69, 9.17) is 17.3 Å². The number of hydrogen-bond donors (Lipinski definition) is 2. The fourth-order valence-corrected chi connectivity index (χ4v) is 2.05. The second-order valence-corrected chi connectivity index (χ2v) is 5.46. The van der Waals surface area contributed by atoms with Crippen LogP contribution in [0.15, 0.2) is 18.2 Å². The van der Waals surface area contributed by atoms with Crippen LogP contribution in [0.5, 0.6) is 0 Å². The lowest BCUT2D eigenvalue weighted by atomic mass is 10.1. The molecule has 0 fully saturated rings. The minimum atomic E-state index is -4.50. The quantitative estimate of drug-likeness (QED) is 0.872. The molecule has 0 aliphatic rings. The van der Waals surface area contributed by atoms with Gasteiger partial charge in [0, 0.05) is 0 Å².